The molecule has 0 saturated carbocycles. The Labute approximate surface area is 94.9 Å². The van der Waals surface area contributed by atoms with E-state index in [9.17, 15) is 4.79 Å². The molecule has 2 N–H and O–H groups in total. The molecule has 1 rings (SSSR count). The zero-order valence-corrected chi connectivity index (χ0v) is 10.1. The maximum absolute atomic E-state index is 11.4. The van der Waals surface area contributed by atoms with Gasteiger partial charge in [-0.25, -0.2) is 0 Å². The number of carbonyl (C=O) groups excluding carboxylic acids is 1. The van der Waals surface area contributed by atoms with Crippen LogP contribution in [0.4, 0.5) is 0 Å². The summed E-state index contributed by atoms with van der Waals surface area (Å²) in [6.45, 7) is 5.54. The van der Waals surface area contributed by atoms with Crippen LogP contribution in [-0.2, 0) is 11.3 Å². The third-order valence-electron chi connectivity index (χ3n) is 1.94. The van der Waals surface area contributed by atoms with E-state index in [2.05, 4.69) is 24.5 Å². The molecule has 0 saturated heterocycles. The molecule has 0 bridgehead atoms. The lowest BCUT2D eigenvalue weighted by atomic mass is 10.3. The molecule has 15 heavy (non-hydrogen) atoms. The highest BCUT2D eigenvalue weighted by molar-refractivity contribution is 7.09. The molecular weight excluding hydrogens is 208 g/mol. The average Bonchev–Trinajstić information content (AvgIpc) is 2.66. The molecule has 0 aromatic carbocycles. The van der Waals surface area contributed by atoms with Crippen molar-refractivity contribution >= 4 is 17.2 Å². The van der Waals surface area contributed by atoms with E-state index in [-0.39, 0.29) is 5.91 Å². The van der Waals surface area contributed by atoms with Gasteiger partial charge in [0.15, 0.2) is 0 Å². The Morgan fingerprint density at radius 1 is 1.53 bits per heavy atom. The fraction of sp³-hybridized carbons (Fsp3) is 0.545. The second kappa shape index (κ2) is 6.58. The molecule has 1 heterocycles. The lowest BCUT2D eigenvalue weighted by Gasteiger charge is -2.07. The van der Waals surface area contributed by atoms with Crippen LogP contribution in [-0.4, -0.2) is 18.5 Å². The second-order valence-corrected chi connectivity index (χ2v) is 4.75. The number of nitrogens with one attached hydrogen (secondary N) is 2. The molecule has 3 nitrogen and oxygen atoms in total. The first-order chi connectivity index (χ1) is 7.18. The van der Waals surface area contributed by atoms with Gasteiger partial charge in [-0.15, -0.1) is 11.3 Å². The molecule has 84 valence electrons. The van der Waals surface area contributed by atoms with Crippen molar-refractivity contribution in [3.05, 3.63) is 22.4 Å². The Morgan fingerprint density at radius 2 is 2.33 bits per heavy atom. The van der Waals surface area contributed by atoms with Gasteiger partial charge in [-0.2, -0.15) is 0 Å². The van der Waals surface area contributed by atoms with Crippen molar-refractivity contribution in [2.45, 2.75) is 32.9 Å². The molecule has 0 radical (unpaired) electrons. The van der Waals surface area contributed by atoms with Gasteiger partial charge in [0.1, 0.15) is 0 Å². The van der Waals surface area contributed by atoms with E-state index in [1.54, 1.807) is 11.3 Å². The van der Waals surface area contributed by atoms with E-state index in [1.165, 1.54) is 4.88 Å². The van der Waals surface area contributed by atoms with Gasteiger partial charge >= 0.3 is 0 Å². The van der Waals surface area contributed by atoms with Crippen molar-refractivity contribution < 1.29 is 4.79 Å². The van der Waals surface area contributed by atoms with E-state index >= 15 is 0 Å². The number of rotatable bonds is 6. The summed E-state index contributed by atoms with van der Waals surface area (Å²) >= 11 is 1.66. The lowest BCUT2D eigenvalue weighted by Crippen LogP contribution is -2.30. The first kappa shape index (κ1) is 12.2. The van der Waals surface area contributed by atoms with Crippen molar-refractivity contribution in [1.82, 2.24) is 10.6 Å². The van der Waals surface area contributed by atoms with Crippen molar-refractivity contribution in [1.29, 1.82) is 0 Å². The summed E-state index contributed by atoms with van der Waals surface area (Å²) in [5, 5.41) is 8.12. The van der Waals surface area contributed by atoms with Gasteiger partial charge in [0.05, 0.1) is 6.54 Å². The lowest BCUT2D eigenvalue weighted by molar-refractivity contribution is -0.121. The van der Waals surface area contributed by atoms with E-state index in [1.807, 2.05) is 17.5 Å². The molecule has 4 heteroatoms. The Kier molecular flexibility index (Phi) is 5.36. The molecular formula is C11H18N2OS. The topological polar surface area (TPSA) is 41.1 Å². The maximum atomic E-state index is 11.4. The highest BCUT2D eigenvalue weighted by Gasteiger charge is 2.01. The molecule has 0 spiro atoms. The standard InChI is InChI=1S/C11H18N2OS/c1-9(2)12-6-5-11(14)13-8-10-4-3-7-15-10/h3-4,7,9,12H,5-6,8H2,1-2H3,(H,13,14). The van der Waals surface area contributed by atoms with Crippen LogP contribution < -0.4 is 10.6 Å². The summed E-state index contributed by atoms with van der Waals surface area (Å²) in [7, 11) is 0. The van der Waals surface area contributed by atoms with Crippen LogP contribution in [0.3, 0.4) is 0 Å². The molecule has 1 aromatic rings. The van der Waals surface area contributed by atoms with Crippen LogP contribution in [0.25, 0.3) is 0 Å². The zero-order valence-electron chi connectivity index (χ0n) is 9.25. The summed E-state index contributed by atoms with van der Waals surface area (Å²) in [5.74, 6) is 0.108. The van der Waals surface area contributed by atoms with Gasteiger partial charge in [-0.1, -0.05) is 19.9 Å². The quantitative estimate of drug-likeness (QED) is 0.776. The number of thiophene rings is 1. The predicted octanol–water partition coefficient (Wildman–Crippen LogP) is 1.75. The first-order valence-electron chi connectivity index (χ1n) is 5.21. The molecule has 0 fully saturated rings. The van der Waals surface area contributed by atoms with Gasteiger partial charge in [0.2, 0.25) is 5.91 Å². The SMILES string of the molecule is CC(C)NCCC(=O)NCc1cccs1. The average molecular weight is 226 g/mol. The third-order valence-corrected chi connectivity index (χ3v) is 2.82. The monoisotopic (exact) mass is 226 g/mol. The fourth-order valence-corrected chi connectivity index (χ4v) is 1.81. The minimum Gasteiger partial charge on any atom is -0.351 e. The molecule has 0 aliphatic carbocycles. The third kappa shape index (κ3) is 5.54. The minimum atomic E-state index is 0.108. The smallest absolute Gasteiger partial charge is 0.221 e. The summed E-state index contributed by atoms with van der Waals surface area (Å²) in [6.07, 6.45) is 0.545. The summed E-state index contributed by atoms with van der Waals surface area (Å²) in [5.41, 5.74) is 0. The molecule has 0 aliphatic rings. The Hall–Kier alpha value is -0.870. The molecule has 1 aromatic heterocycles. The van der Waals surface area contributed by atoms with Crippen LogP contribution in [0.2, 0.25) is 0 Å². The second-order valence-electron chi connectivity index (χ2n) is 3.71. The molecule has 0 aliphatic heterocycles. The molecule has 0 atom stereocenters. The highest BCUT2D eigenvalue weighted by Crippen LogP contribution is 2.07. The molecule has 1 amide bonds. The number of carbonyl (C=O) groups is 1. The van der Waals surface area contributed by atoms with Gasteiger partial charge in [-0.05, 0) is 11.4 Å². The maximum Gasteiger partial charge on any atom is 0.221 e. The van der Waals surface area contributed by atoms with Crippen LogP contribution in [0.15, 0.2) is 17.5 Å². The van der Waals surface area contributed by atoms with Gasteiger partial charge in [-0.3, -0.25) is 4.79 Å². The highest BCUT2D eigenvalue weighted by atomic mass is 32.1. The van der Waals surface area contributed by atoms with Crippen molar-refractivity contribution in [2.75, 3.05) is 6.54 Å². The Balaban J connectivity index is 2.09. The van der Waals surface area contributed by atoms with Crippen LogP contribution in [0.1, 0.15) is 25.1 Å². The molecule has 0 unspecified atom stereocenters. The van der Waals surface area contributed by atoms with Crippen LogP contribution in [0.5, 0.6) is 0 Å². The van der Waals surface area contributed by atoms with E-state index in [4.69, 9.17) is 0 Å². The fourth-order valence-electron chi connectivity index (χ4n) is 1.16. The van der Waals surface area contributed by atoms with Crippen molar-refractivity contribution in [3.8, 4) is 0 Å². The van der Waals surface area contributed by atoms with Crippen LogP contribution >= 0.6 is 11.3 Å². The predicted molar refractivity (Wildman–Crippen MR) is 63.9 cm³/mol. The van der Waals surface area contributed by atoms with Crippen LogP contribution in [0, 0.1) is 0 Å². The van der Waals surface area contributed by atoms with Crippen molar-refractivity contribution in [3.63, 3.8) is 0 Å². The van der Waals surface area contributed by atoms with Gasteiger partial charge < -0.3 is 10.6 Å². The van der Waals surface area contributed by atoms with Gasteiger partial charge in [0, 0.05) is 23.9 Å². The Bertz CT molecular complexity index is 283. The van der Waals surface area contributed by atoms with Gasteiger partial charge in [0.25, 0.3) is 0 Å². The summed E-state index contributed by atoms with van der Waals surface area (Å²) in [6, 6.07) is 4.46. The zero-order chi connectivity index (χ0) is 11.1. The number of hydrogen-bond donors (Lipinski definition) is 2. The first-order valence-corrected chi connectivity index (χ1v) is 6.09. The minimum absolute atomic E-state index is 0.108. The Morgan fingerprint density at radius 3 is 2.93 bits per heavy atom. The normalized spacial score (nSPS) is 10.6. The summed E-state index contributed by atoms with van der Waals surface area (Å²) in [4.78, 5) is 12.6. The van der Waals surface area contributed by atoms with E-state index in [0.29, 0.717) is 19.0 Å². The van der Waals surface area contributed by atoms with E-state index < -0.39 is 0 Å². The largest absolute Gasteiger partial charge is 0.351 e. The number of amides is 1. The number of hydrogen-bond acceptors (Lipinski definition) is 3. The van der Waals surface area contributed by atoms with E-state index in [0.717, 1.165) is 6.54 Å². The summed E-state index contributed by atoms with van der Waals surface area (Å²) < 4.78 is 0. The van der Waals surface area contributed by atoms with Crippen molar-refractivity contribution in [2.24, 2.45) is 0 Å².